The number of carbonyl (C=O) groups excluding carboxylic acids is 3. The quantitative estimate of drug-likeness (QED) is 0.0558. The molecule has 0 saturated carbocycles. The molecule has 39 heavy (non-hydrogen) atoms. The number of nitrogen functional groups attached to an aromatic ring is 1. The van der Waals surface area contributed by atoms with E-state index in [-0.39, 0.29) is 20.7 Å². The fourth-order valence-electron chi connectivity index (χ4n) is 3.18. The normalized spacial score (nSPS) is 17.8. The van der Waals surface area contributed by atoms with Gasteiger partial charge < -0.3 is 36.5 Å². The van der Waals surface area contributed by atoms with Crippen LogP contribution in [0.2, 0.25) is 0 Å². The first-order valence-electron chi connectivity index (χ1n) is 10.7. The van der Waals surface area contributed by atoms with Crippen molar-refractivity contribution in [2.75, 3.05) is 12.3 Å². The van der Waals surface area contributed by atoms with E-state index in [9.17, 15) is 47.5 Å². The van der Waals surface area contributed by atoms with Crippen molar-refractivity contribution in [3.8, 4) is 11.5 Å². The molecule has 0 bridgehead atoms. The Hall–Kier alpha value is -4.49. The van der Waals surface area contributed by atoms with Gasteiger partial charge in [-0.3, -0.25) is 18.9 Å². The smallest absolute Gasteiger partial charge is 0.362 e. The van der Waals surface area contributed by atoms with Crippen LogP contribution >= 0.6 is 11.3 Å². The first-order chi connectivity index (χ1) is 18.0. The van der Waals surface area contributed by atoms with Crippen LogP contribution in [-0.2, 0) is 29.5 Å². The number of nitrogens with one attached hydrogen (secondary N) is 2. The van der Waals surface area contributed by atoms with Crippen molar-refractivity contribution in [2.45, 2.75) is 31.5 Å². The molecule has 1 fully saturated rings. The molecule has 1 saturated heterocycles. The molecule has 2 atom stereocenters. The third kappa shape index (κ3) is 6.16. The lowest BCUT2D eigenvalue weighted by Gasteiger charge is -2.44. The number of carboxylic acid groups (broad SMARTS) is 1. The summed E-state index contributed by atoms with van der Waals surface area (Å²) in [5.74, 6) is -6.19. The number of rotatable bonds is 10. The summed E-state index contributed by atoms with van der Waals surface area (Å²) in [4.78, 5) is 58.2. The average Bonchev–Trinajstić information content (AvgIpc) is 3.26. The maximum atomic E-state index is 13.1. The Kier molecular flexibility index (Phi) is 7.98. The van der Waals surface area contributed by atoms with E-state index in [1.807, 2.05) is 0 Å². The van der Waals surface area contributed by atoms with Crippen LogP contribution in [-0.4, -0.2) is 91.2 Å². The van der Waals surface area contributed by atoms with Crippen LogP contribution in [0.25, 0.3) is 0 Å². The number of phenols is 2. The van der Waals surface area contributed by atoms with Crippen molar-refractivity contribution in [2.24, 2.45) is 5.16 Å². The van der Waals surface area contributed by atoms with Crippen LogP contribution in [0.3, 0.4) is 0 Å². The predicted molar refractivity (Wildman–Crippen MR) is 132 cm³/mol. The Morgan fingerprint density at radius 3 is 2.51 bits per heavy atom. The van der Waals surface area contributed by atoms with E-state index in [4.69, 9.17) is 10.6 Å². The van der Waals surface area contributed by atoms with Crippen LogP contribution in [0.4, 0.5) is 5.13 Å². The van der Waals surface area contributed by atoms with Crippen molar-refractivity contribution in [1.29, 1.82) is 0 Å². The molecule has 0 aliphatic carbocycles. The van der Waals surface area contributed by atoms with E-state index in [1.54, 1.807) is 0 Å². The van der Waals surface area contributed by atoms with Crippen LogP contribution in [0.15, 0.2) is 28.7 Å². The lowest BCUT2D eigenvalue weighted by Crippen LogP contribution is -2.74. The topological polar surface area (TPSA) is 271 Å². The SMILES string of the molecule is CC(C)(O/N=C(\C(=O)N[C@@H]1C(=O)N(S(=O)(=O)O)[C@@H]1CNC(=O)c1cccc(O)c1O)c1csc(N)n1)C(=O)O. The maximum Gasteiger partial charge on any atom is 0.362 e. The number of anilines is 1. The number of β-lactam (4-membered cyclic amide) rings is 1. The fourth-order valence-corrected chi connectivity index (χ4v) is 4.61. The van der Waals surface area contributed by atoms with Gasteiger partial charge in [-0.05, 0) is 26.0 Å². The number of nitrogens with two attached hydrogens (primary N) is 1. The van der Waals surface area contributed by atoms with Crippen LogP contribution in [0.1, 0.15) is 29.9 Å². The van der Waals surface area contributed by atoms with Gasteiger partial charge in [-0.15, -0.1) is 11.3 Å². The van der Waals surface area contributed by atoms with Gasteiger partial charge in [0, 0.05) is 11.9 Å². The Labute approximate surface area is 223 Å². The number of hydrogen-bond acceptors (Lipinski definition) is 13. The highest BCUT2D eigenvalue weighted by molar-refractivity contribution is 7.84. The van der Waals surface area contributed by atoms with E-state index in [2.05, 4.69) is 20.8 Å². The maximum absolute atomic E-state index is 13.1. The summed E-state index contributed by atoms with van der Waals surface area (Å²) in [7, 11) is -5.12. The van der Waals surface area contributed by atoms with Crippen LogP contribution in [0.5, 0.6) is 11.5 Å². The second kappa shape index (κ2) is 10.7. The second-order valence-corrected chi connectivity index (χ2v) is 10.6. The highest BCUT2D eigenvalue weighted by atomic mass is 32.2. The number of aliphatic carboxylic acids is 1. The number of nitrogens with zero attached hydrogens (tertiary/aromatic N) is 3. The number of amides is 3. The summed E-state index contributed by atoms with van der Waals surface area (Å²) in [6.07, 6.45) is 0. The lowest BCUT2D eigenvalue weighted by atomic mass is 9.98. The second-order valence-electron chi connectivity index (χ2n) is 8.43. The number of thiazole rings is 1. The molecule has 210 valence electrons. The van der Waals surface area contributed by atoms with Crippen LogP contribution in [0, 0.1) is 0 Å². The molecule has 1 aliphatic rings. The Morgan fingerprint density at radius 2 is 1.95 bits per heavy atom. The van der Waals surface area contributed by atoms with Gasteiger partial charge in [0.05, 0.1) is 11.6 Å². The molecular formula is C20H22N6O11S2. The van der Waals surface area contributed by atoms with E-state index in [1.165, 1.54) is 11.4 Å². The van der Waals surface area contributed by atoms with Gasteiger partial charge in [-0.2, -0.15) is 8.42 Å². The third-order valence-corrected chi connectivity index (χ3v) is 6.92. The Morgan fingerprint density at radius 1 is 1.28 bits per heavy atom. The summed E-state index contributed by atoms with van der Waals surface area (Å²) in [5, 5.41) is 38.0. The summed E-state index contributed by atoms with van der Waals surface area (Å²) >= 11 is 0.905. The van der Waals surface area contributed by atoms with Gasteiger partial charge in [0.15, 0.2) is 22.3 Å². The average molecular weight is 587 g/mol. The minimum Gasteiger partial charge on any atom is -0.504 e. The Balaban J connectivity index is 1.85. The molecule has 1 aliphatic heterocycles. The number of para-hydroxylation sites is 1. The summed E-state index contributed by atoms with van der Waals surface area (Å²) in [5.41, 5.74) is 2.56. The molecule has 0 radical (unpaired) electrons. The monoisotopic (exact) mass is 586 g/mol. The van der Waals surface area contributed by atoms with Gasteiger partial charge in [0.2, 0.25) is 5.60 Å². The van der Waals surface area contributed by atoms with Crippen LogP contribution < -0.4 is 16.4 Å². The number of carbonyl (C=O) groups is 4. The zero-order valence-electron chi connectivity index (χ0n) is 20.1. The first-order valence-corrected chi connectivity index (χ1v) is 12.9. The fraction of sp³-hybridized carbons (Fsp3) is 0.300. The lowest BCUT2D eigenvalue weighted by molar-refractivity contribution is -0.161. The minimum absolute atomic E-state index is 0.0102. The molecule has 1 aromatic heterocycles. The molecule has 3 rings (SSSR count). The molecule has 1 aromatic carbocycles. The number of aromatic nitrogens is 1. The molecule has 17 nitrogen and oxygen atoms in total. The summed E-state index contributed by atoms with van der Waals surface area (Å²) < 4.78 is 33.0. The van der Waals surface area contributed by atoms with E-state index in [0.717, 1.165) is 37.3 Å². The van der Waals surface area contributed by atoms with Gasteiger partial charge in [0.1, 0.15) is 11.7 Å². The van der Waals surface area contributed by atoms with Gasteiger partial charge in [0.25, 0.3) is 17.7 Å². The third-order valence-electron chi connectivity index (χ3n) is 5.30. The number of hydrogen-bond donors (Lipinski definition) is 7. The van der Waals surface area contributed by atoms with E-state index >= 15 is 0 Å². The summed E-state index contributed by atoms with van der Waals surface area (Å²) in [6, 6.07) is 0.337. The number of benzene rings is 1. The van der Waals surface area contributed by atoms with Crippen molar-refractivity contribution in [1.82, 2.24) is 19.9 Å². The molecule has 0 unspecified atom stereocenters. The molecule has 3 amide bonds. The summed E-state index contributed by atoms with van der Waals surface area (Å²) in [6.45, 7) is 1.64. The zero-order valence-corrected chi connectivity index (χ0v) is 21.7. The van der Waals surface area contributed by atoms with Gasteiger partial charge >= 0.3 is 16.3 Å². The first kappa shape index (κ1) is 29.1. The zero-order chi connectivity index (χ0) is 29.3. The van der Waals surface area contributed by atoms with Gasteiger partial charge in [-0.25, -0.2) is 14.1 Å². The molecular weight excluding hydrogens is 564 g/mol. The molecule has 0 spiro atoms. The highest BCUT2D eigenvalue weighted by Crippen LogP contribution is 2.28. The molecule has 2 heterocycles. The van der Waals surface area contributed by atoms with Crippen molar-refractivity contribution >= 4 is 56.2 Å². The Bertz CT molecular complexity index is 1470. The van der Waals surface area contributed by atoms with E-state index in [0.29, 0.717) is 0 Å². The number of oxime groups is 1. The standard InChI is InChI=1S/C20H22N6O11S2/c1-20(2,18(32)33)37-25-12(9-7-38-19(21)23-9)16(30)24-13-10(26(17(13)31)39(34,35)36)6-22-15(29)8-4-3-5-11(27)14(8)28/h3-5,7,10,13,27-28H,6H2,1-2H3,(H2,21,23)(H,22,29)(H,24,30)(H,32,33)(H,34,35,36)/b25-12-/t10-,13+/m1/s1. The van der Waals surface area contributed by atoms with Crippen molar-refractivity contribution in [3.63, 3.8) is 0 Å². The van der Waals surface area contributed by atoms with Gasteiger partial charge in [-0.1, -0.05) is 11.2 Å². The number of phenolic OH excluding ortho intramolecular Hbond substituents is 2. The molecule has 8 N–H and O–H groups in total. The van der Waals surface area contributed by atoms with Crippen molar-refractivity contribution in [3.05, 3.63) is 34.8 Å². The number of aromatic hydroxyl groups is 2. The predicted octanol–water partition coefficient (Wildman–Crippen LogP) is -1.35. The molecule has 2 aromatic rings. The minimum atomic E-state index is -5.12. The molecule has 19 heteroatoms. The number of carboxylic acids is 1. The van der Waals surface area contributed by atoms with E-state index < -0.39 is 75.4 Å². The largest absolute Gasteiger partial charge is 0.504 e. The van der Waals surface area contributed by atoms with Crippen molar-refractivity contribution < 1.29 is 52.3 Å². The highest BCUT2D eigenvalue weighted by Gasteiger charge is 2.54.